The molecule has 0 aromatic heterocycles. The van der Waals surface area contributed by atoms with Gasteiger partial charge >= 0.3 is 0 Å². The average molecular weight is 268 g/mol. The predicted octanol–water partition coefficient (Wildman–Crippen LogP) is 4.88. The molecule has 0 radical (unpaired) electrons. The van der Waals surface area contributed by atoms with Crippen LogP contribution in [0, 0.1) is 0 Å². The quantitative estimate of drug-likeness (QED) is 0.416. The summed E-state index contributed by atoms with van der Waals surface area (Å²) >= 11 is 0. The van der Waals surface area contributed by atoms with Crippen molar-refractivity contribution in [3.63, 3.8) is 0 Å². The minimum absolute atomic E-state index is 0.864. The van der Waals surface area contributed by atoms with E-state index in [1.54, 1.807) is 6.20 Å². The van der Waals surface area contributed by atoms with Gasteiger partial charge in [-0.05, 0) is 32.0 Å². The SMILES string of the molecule is NC=CCCCCCCCCCCCCCCCN. The zero-order valence-electron chi connectivity index (χ0n) is 12.9. The monoisotopic (exact) mass is 268 g/mol. The summed E-state index contributed by atoms with van der Waals surface area (Å²) in [7, 11) is 0. The summed E-state index contributed by atoms with van der Waals surface area (Å²) in [5.74, 6) is 0. The first-order valence-electron chi connectivity index (χ1n) is 8.48. The molecule has 2 nitrogen and oxygen atoms in total. The van der Waals surface area contributed by atoms with Crippen molar-refractivity contribution in [1.82, 2.24) is 0 Å². The van der Waals surface area contributed by atoms with Crippen LogP contribution < -0.4 is 11.5 Å². The molecule has 0 aliphatic carbocycles. The average Bonchev–Trinajstić information content (AvgIpc) is 2.43. The van der Waals surface area contributed by atoms with Gasteiger partial charge in [0.25, 0.3) is 0 Å². The summed E-state index contributed by atoms with van der Waals surface area (Å²) in [4.78, 5) is 0. The first-order chi connectivity index (χ1) is 9.41. The third-order valence-corrected chi connectivity index (χ3v) is 3.71. The molecule has 0 rings (SSSR count). The predicted molar refractivity (Wildman–Crippen MR) is 87.0 cm³/mol. The van der Waals surface area contributed by atoms with Crippen LogP contribution >= 0.6 is 0 Å². The van der Waals surface area contributed by atoms with Crippen molar-refractivity contribution in [2.45, 2.75) is 89.9 Å². The van der Waals surface area contributed by atoms with Crippen molar-refractivity contribution in [3.8, 4) is 0 Å². The summed E-state index contributed by atoms with van der Waals surface area (Å²) in [5.41, 5.74) is 10.8. The van der Waals surface area contributed by atoms with Crippen molar-refractivity contribution in [3.05, 3.63) is 12.3 Å². The second-order valence-corrected chi connectivity index (χ2v) is 5.60. The molecule has 0 amide bonds. The van der Waals surface area contributed by atoms with Crippen LogP contribution in [-0.4, -0.2) is 6.54 Å². The van der Waals surface area contributed by atoms with Gasteiger partial charge in [-0.3, -0.25) is 0 Å². The zero-order valence-corrected chi connectivity index (χ0v) is 12.9. The number of allylic oxidation sites excluding steroid dienone is 1. The topological polar surface area (TPSA) is 52.0 Å². The highest BCUT2D eigenvalue weighted by Crippen LogP contribution is 2.12. The molecular weight excluding hydrogens is 232 g/mol. The minimum Gasteiger partial charge on any atom is -0.405 e. The van der Waals surface area contributed by atoms with E-state index in [0.717, 1.165) is 13.0 Å². The Morgan fingerprint density at radius 1 is 0.526 bits per heavy atom. The van der Waals surface area contributed by atoms with Gasteiger partial charge in [-0.25, -0.2) is 0 Å². The van der Waals surface area contributed by atoms with Crippen molar-refractivity contribution in [2.75, 3.05) is 6.54 Å². The van der Waals surface area contributed by atoms with E-state index in [2.05, 4.69) is 6.08 Å². The molecule has 0 aromatic rings. The van der Waals surface area contributed by atoms with Gasteiger partial charge in [0.1, 0.15) is 0 Å². The van der Waals surface area contributed by atoms with Gasteiger partial charge < -0.3 is 11.5 Å². The van der Waals surface area contributed by atoms with Crippen LogP contribution in [0.15, 0.2) is 12.3 Å². The second-order valence-electron chi connectivity index (χ2n) is 5.60. The van der Waals surface area contributed by atoms with Crippen LogP contribution in [0.4, 0.5) is 0 Å². The molecule has 2 heteroatoms. The summed E-state index contributed by atoms with van der Waals surface area (Å²) in [6.07, 6.45) is 22.9. The smallest absolute Gasteiger partial charge is 0.00773 e. The van der Waals surface area contributed by atoms with Crippen LogP contribution in [0.3, 0.4) is 0 Å². The van der Waals surface area contributed by atoms with Crippen molar-refractivity contribution in [2.24, 2.45) is 11.5 Å². The van der Waals surface area contributed by atoms with E-state index in [-0.39, 0.29) is 0 Å². The molecule has 4 N–H and O–H groups in total. The maximum atomic E-state index is 5.47. The Labute approximate surface area is 121 Å². The molecule has 0 heterocycles. The van der Waals surface area contributed by atoms with Gasteiger partial charge in [0.15, 0.2) is 0 Å². The molecule has 0 aliphatic rings. The maximum absolute atomic E-state index is 5.47. The number of nitrogens with two attached hydrogens (primary N) is 2. The Morgan fingerprint density at radius 2 is 0.895 bits per heavy atom. The molecular formula is C17H36N2. The minimum atomic E-state index is 0.864. The number of hydrogen-bond acceptors (Lipinski definition) is 2. The van der Waals surface area contributed by atoms with Gasteiger partial charge in [0, 0.05) is 0 Å². The molecule has 0 fully saturated rings. The fourth-order valence-electron chi connectivity index (χ4n) is 2.45. The number of hydrogen-bond donors (Lipinski definition) is 2. The van der Waals surface area contributed by atoms with Crippen molar-refractivity contribution in [1.29, 1.82) is 0 Å². The van der Waals surface area contributed by atoms with Gasteiger partial charge in [-0.2, -0.15) is 0 Å². The first kappa shape index (κ1) is 18.5. The van der Waals surface area contributed by atoms with E-state index in [0.29, 0.717) is 0 Å². The van der Waals surface area contributed by atoms with E-state index in [1.807, 2.05) is 0 Å². The Kier molecular flexibility index (Phi) is 17.0. The molecule has 0 spiro atoms. The molecule has 19 heavy (non-hydrogen) atoms. The van der Waals surface area contributed by atoms with E-state index in [1.165, 1.54) is 83.5 Å². The second kappa shape index (κ2) is 17.5. The Morgan fingerprint density at radius 3 is 1.26 bits per heavy atom. The van der Waals surface area contributed by atoms with Crippen molar-refractivity contribution < 1.29 is 0 Å². The third-order valence-electron chi connectivity index (χ3n) is 3.71. The molecule has 0 unspecified atom stereocenters. The van der Waals surface area contributed by atoms with Crippen LogP contribution in [0.1, 0.15) is 89.9 Å². The normalized spacial score (nSPS) is 11.4. The first-order valence-corrected chi connectivity index (χ1v) is 8.48. The zero-order chi connectivity index (χ0) is 14.0. The van der Waals surface area contributed by atoms with Gasteiger partial charge in [0.2, 0.25) is 0 Å². The maximum Gasteiger partial charge on any atom is -0.00773 e. The highest BCUT2D eigenvalue weighted by atomic mass is 14.5. The Balaban J connectivity index is 2.91. The van der Waals surface area contributed by atoms with E-state index in [4.69, 9.17) is 11.5 Å². The lowest BCUT2D eigenvalue weighted by Crippen LogP contribution is -1.97. The molecule has 114 valence electrons. The highest BCUT2D eigenvalue weighted by molar-refractivity contribution is 4.74. The van der Waals surface area contributed by atoms with E-state index in [9.17, 15) is 0 Å². The van der Waals surface area contributed by atoms with Gasteiger partial charge in [-0.1, -0.05) is 76.7 Å². The summed E-state index contributed by atoms with van der Waals surface area (Å²) < 4.78 is 0. The fraction of sp³-hybridized carbons (Fsp3) is 0.882. The fourth-order valence-corrected chi connectivity index (χ4v) is 2.45. The summed E-state index contributed by atoms with van der Waals surface area (Å²) in [6, 6.07) is 0. The van der Waals surface area contributed by atoms with Gasteiger partial charge in [0.05, 0.1) is 0 Å². The summed E-state index contributed by atoms with van der Waals surface area (Å²) in [5, 5.41) is 0. The van der Waals surface area contributed by atoms with E-state index >= 15 is 0 Å². The molecule has 0 saturated carbocycles. The lowest BCUT2D eigenvalue weighted by Gasteiger charge is -2.02. The van der Waals surface area contributed by atoms with E-state index < -0.39 is 0 Å². The van der Waals surface area contributed by atoms with Crippen molar-refractivity contribution >= 4 is 0 Å². The number of rotatable bonds is 15. The third kappa shape index (κ3) is 17.5. The summed E-state index contributed by atoms with van der Waals surface area (Å²) in [6.45, 7) is 0.864. The molecule has 0 saturated heterocycles. The van der Waals surface area contributed by atoms with Crippen LogP contribution in [-0.2, 0) is 0 Å². The lowest BCUT2D eigenvalue weighted by atomic mass is 10.0. The molecule has 0 aliphatic heterocycles. The lowest BCUT2D eigenvalue weighted by molar-refractivity contribution is 0.538. The highest BCUT2D eigenvalue weighted by Gasteiger charge is 1.93. The number of unbranched alkanes of at least 4 members (excludes halogenated alkanes) is 13. The standard InChI is InChI=1S/C17H36N2/c18-16-14-12-10-8-6-4-2-1-3-5-7-9-11-13-15-17-19/h14,16H,1-13,15,17-19H2. The molecule has 0 atom stereocenters. The molecule has 0 aromatic carbocycles. The molecule has 0 bridgehead atoms. The largest absolute Gasteiger partial charge is 0.405 e. The van der Waals surface area contributed by atoms with Gasteiger partial charge in [-0.15, -0.1) is 0 Å². The van der Waals surface area contributed by atoms with Crippen LogP contribution in [0.25, 0.3) is 0 Å². The van der Waals surface area contributed by atoms with Crippen LogP contribution in [0.5, 0.6) is 0 Å². The Bertz CT molecular complexity index is 178. The Hall–Kier alpha value is -0.500. The van der Waals surface area contributed by atoms with Crippen LogP contribution in [0.2, 0.25) is 0 Å².